The Morgan fingerprint density at radius 3 is 2.64 bits per heavy atom. The molecule has 1 aromatic heterocycles. The molecular formula is C15H14F2N4O. The second-order valence-corrected chi connectivity index (χ2v) is 4.82. The van der Waals surface area contributed by atoms with E-state index < -0.39 is 17.7 Å². The highest BCUT2D eigenvalue weighted by Crippen LogP contribution is 2.20. The van der Waals surface area contributed by atoms with Crippen molar-refractivity contribution in [1.82, 2.24) is 10.2 Å². The van der Waals surface area contributed by atoms with Gasteiger partial charge >= 0.3 is 0 Å². The van der Waals surface area contributed by atoms with Crippen LogP contribution in [0.25, 0.3) is 0 Å². The Bertz CT molecular complexity index is 743. The van der Waals surface area contributed by atoms with Crippen molar-refractivity contribution in [2.24, 2.45) is 0 Å². The van der Waals surface area contributed by atoms with Crippen LogP contribution in [0, 0.1) is 36.8 Å². The van der Waals surface area contributed by atoms with Crippen LogP contribution in [0.2, 0.25) is 0 Å². The summed E-state index contributed by atoms with van der Waals surface area (Å²) < 4.78 is 26.0. The van der Waals surface area contributed by atoms with Gasteiger partial charge < -0.3 is 10.4 Å². The number of benzene rings is 1. The van der Waals surface area contributed by atoms with Crippen LogP contribution >= 0.6 is 0 Å². The summed E-state index contributed by atoms with van der Waals surface area (Å²) in [4.78, 5) is 0. The summed E-state index contributed by atoms with van der Waals surface area (Å²) >= 11 is 0. The predicted octanol–water partition coefficient (Wildman–Crippen LogP) is 2.39. The van der Waals surface area contributed by atoms with Gasteiger partial charge in [0.05, 0.1) is 11.8 Å². The molecule has 5 nitrogen and oxygen atoms in total. The average molecular weight is 304 g/mol. The maximum Gasteiger partial charge on any atom is 0.167 e. The van der Waals surface area contributed by atoms with Gasteiger partial charge in [-0.25, -0.2) is 8.78 Å². The number of hydrogen-bond acceptors (Lipinski definition) is 5. The molecule has 0 bridgehead atoms. The van der Waals surface area contributed by atoms with Crippen molar-refractivity contribution >= 4 is 5.82 Å². The quantitative estimate of drug-likeness (QED) is 0.906. The Hall–Kier alpha value is -2.59. The van der Waals surface area contributed by atoms with Crippen molar-refractivity contribution < 1.29 is 13.9 Å². The van der Waals surface area contributed by atoms with Gasteiger partial charge in [-0.1, -0.05) is 6.07 Å². The summed E-state index contributed by atoms with van der Waals surface area (Å²) in [5.74, 6) is -1.76. The number of nitrogens with one attached hydrogen (secondary N) is 1. The number of aryl methyl sites for hydroxylation is 1. The summed E-state index contributed by atoms with van der Waals surface area (Å²) in [6.45, 7) is 3.47. The van der Waals surface area contributed by atoms with Gasteiger partial charge in [0.1, 0.15) is 11.6 Å². The minimum atomic E-state index is -1.08. The van der Waals surface area contributed by atoms with Crippen LogP contribution in [0.5, 0.6) is 0 Å². The Kier molecular flexibility index (Phi) is 4.63. The third kappa shape index (κ3) is 3.18. The molecule has 22 heavy (non-hydrogen) atoms. The first-order valence-electron chi connectivity index (χ1n) is 6.55. The zero-order valence-electron chi connectivity index (χ0n) is 12.1. The fraction of sp³-hybridized carbons (Fsp3) is 0.267. The van der Waals surface area contributed by atoms with E-state index in [4.69, 9.17) is 5.26 Å². The molecule has 2 rings (SSSR count). The van der Waals surface area contributed by atoms with Crippen LogP contribution in [0.15, 0.2) is 18.2 Å². The average Bonchev–Trinajstić information content (AvgIpc) is 2.50. The van der Waals surface area contributed by atoms with Gasteiger partial charge in [-0.05, 0) is 37.1 Å². The molecule has 1 atom stereocenters. The van der Waals surface area contributed by atoms with Crippen molar-refractivity contribution in [3.05, 3.63) is 52.2 Å². The molecule has 114 valence electrons. The van der Waals surface area contributed by atoms with Crippen LogP contribution in [0.1, 0.15) is 28.5 Å². The van der Waals surface area contributed by atoms with Gasteiger partial charge in [-0.2, -0.15) is 10.4 Å². The van der Waals surface area contributed by atoms with Crippen LogP contribution in [-0.4, -0.2) is 21.8 Å². The molecule has 0 aliphatic carbocycles. The third-order valence-corrected chi connectivity index (χ3v) is 3.36. The Morgan fingerprint density at radius 1 is 1.27 bits per heavy atom. The molecule has 0 saturated heterocycles. The molecule has 7 heteroatoms. The zero-order valence-corrected chi connectivity index (χ0v) is 12.1. The molecule has 0 aliphatic heterocycles. The minimum Gasteiger partial charge on any atom is -0.387 e. The van der Waals surface area contributed by atoms with Gasteiger partial charge in [0.15, 0.2) is 17.5 Å². The number of nitriles is 1. The second kappa shape index (κ2) is 6.45. The van der Waals surface area contributed by atoms with Crippen molar-refractivity contribution in [3.63, 3.8) is 0 Å². The van der Waals surface area contributed by atoms with E-state index in [2.05, 4.69) is 15.5 Å². The smallest absolute Gasteiger partial charge is 0.167 e. The van der Waals surface area contributed by atoms with Crippen molar-refractivity contribution in [3.8, 4) is 6.07 Å². The summed E-state index contributed by atoms with van der Waals surface area (Å²) in [5.41, 5.74) is 1.90. The van der Waals surface area contributed by atoms with Crippen LogP contribution in [0.3, 0.4) is 0 Å². The molecule has 2 aromatic rings. The molecular weight excluding hydrogens is 290 g/mol. The molecule has 1 aromatic carbocycles. The molecule has 0 aliphatic rings. The summed E-state index contributed by atoms with van der Waals surface area (Å²) in [6.07, 6.45) is -1.08. The summed E-state index contributed by atoms with van der Waals surface area (Å²) in [7, 11) is 0. The van der Waals surface area contributed by atoms with E-state index in [1.807, 2.05) is 6.07 Å². The van der Waals surface area contributed by atoms with Crippen molar-refractivity contribution in [1.29, 1.82) is 5.26 Å². The highest BCUT2D eigenvalue weighted by atomic mass is 19.2. The Labute approximate surface area is 126 Å². The van der Waals surface area contributed by atoms with Gasteiger partial charge in [0.2, 0.25) is 0 Å². The first-order valence-corrected chi connectivity index (χ1v) is 6.55. The molecule has 2 N–H and O–H groups in total. The lowest BCUT2D eigenvalue weighted by molar-refractivity contribution is 0.191. The first-order chi connectivity index (χ1) is 10.4. The van der Waals surface area contributed by atoms with E-state index in [0.717, 1.165) is 12.1 Å². The monoisotopic (exact) mass is 304 g/mol. The standard InChI is InChI=1S/C15H14F2N4O/c1-8-9(2)20-21-15(11(8)6-18)19-7-14(22)10-3-4-12(16)13(17)5-10/h3-5,14,22H,7H2,1-2H3,(H,19,21)/t14-/m1/s1. The van der Waals surface area contributed by atoms with E-state index in [9.17, 15) is 13.9 Å². The number of rotatable bonds is 4. The highest BCUT2D eigenvalue weighted by Gasteiger charge is 2.14. The molecule has 0 spiro atoms. The highest BCUT2D eigenvalue weighted by molar-refractivity contribution is 5.55. The van der Waals surface area contributed by atoms with Gasteiger partial charge in [0.25, 0.3) is 0 Å². The normalized spacial score (nSPS) is 11.8. The molecule has 0 saturated carbocycles. The lowest BCUT2D eigenvalue weighted by Gasteiger charge is -2.14. The lowest BCUT2D eigenvalue weighted by Crippen LogP contribution is -2.15. The van der Waals surface area contributed by atoms with Crippen molar-refractivity contribution in [2.75, 3.05) is 11.9 Å². The van der Waals surface area contributed by atoms with E-state index in [1.54, 1.807) is 13.8 Å². The van der Waals surface area contributed by atoms with Crippen LogP contribution in [-0.2, 0) is 0 Å². The second-order valence-electron chi connectivity index (χ2n) is 4.82. The van der Waals surface area contributed by atoms with Gasteiger partial charge in [-0.3, -0.25) is 0 Å². The molecule has 0 fully saturated rings. The number of nitrogens with zero attached hydrogens (tertiary/aromatic N) is 3. The largest absolute Gasteiger partial charge is 0.387 e. The van der Waals surface area contributed by atoms with E-state index in [-0.39, 0.29) is 17.9 Å². The number of aliphatic hydroxyl groups excluding tert-OH is 1. The van der Waals surface area contributed by atoms with Gasteiger partial charge in [0, 0.05) is 6.54 Å². The van der Waals surface area contributed by atoms with Gasteiger partial charge in [-0.15, -0.1) is 5.10 Å². The minimum absolute atomic E-state index is 0.0169. The number of aromatic nitrogens is 2. The number of hydrogen-bond donors (Lipinski definition) is 2. The molecule has 0 radical (unpaired) electrons. The topological polar surface area (TPSA) is 81.8 Å². The lowest BCUT2D eigenvalue weighted by atomic mass is 10.1. The fourth-order valence-electron chi connectivity index (χ4n) is 1.90. The number of aliphatic hydroxyl groups is 1. The number of anilines is 1. The Balaban J connectivity index is 2.15. The maximum absolute atomic E-state index is 13.1. The van der Waals surface area contributed by atoms with Crippen LogP contribution < -0.4 is 5.32 Å². The molecule has 1 heterocycles. The fourth-order valence-corrected chi connectivity index (χ4v) is 1.90. The number of halogens is 2. The SMILES string of the molecule is Cc1nnc(NC[C@@H](O)c2ccc(F)c(F)c2)c(C#N)c1C. The summed E-state index contributed by atoms with van der Waals surface area (Å²) in [6, 6.07) is 5.20. The molecule has 0 unspecified atom stereocenters. The van der Waals surface area contributed by atoms with E-state index in [0.29, 0.717) is 16.8 Å². The third-order valence-electron chi connectivity index (χ3n) is 3.36. The first kappa shape index (κ1) is 15.8. The van der Waals surface area contributed by atoms with E-state index in [1.165, 1.54) is 6.07 Å². The molecule has 0 amide bonds. The van der Waals surface area contributed by atoms with Crippen LogP contribution in [0.4, 0.5) is 14.6 Å². The summed E-state index contributed by atoms with van der Waals surface area (Å²) in [5, 5.41) is 29.8. The maximum atomic E-state index is 13.1. The Morgan fingerprint density at radius 2 is 2.00 bits per heavy atom. The van der Waals surface area contributed by atoms with Crippen molar-refractivity contribution in [2.45, 2.75) is 20.0 Å². The predicted molar refractivity (Wildman–Crippen MR) is 76.0 cm³/mol. The van der Waals surface area contributed by atoms with E-state index >= 15 is 0 Å². The zero-order chi connectivity index (χ0) is 16.3.